The Balaban J connectivity index is 1.71. The zero-order chi connectivity index (χ0) is 17.1. The number of rotatable bonds is 4. The van der Waals surface area contributed by atoms with Gasteiger partial charge in [-0.3, -0.25) is 0 Å². The molecular formula is C16H9BrCl2N2O3. The molecule has 2 heterocycles. The Kier molecular flexibility index (Phi) is 5.18. The Morgan fingerprint density at radius 1 is 1.25 bits per heavy atom. The van der Waals surface area contributed by atoms with Crippen LogP contribution < -0.4 is 0 Å². The predicted molar refractivity (Wildman–Crippen MR) is 93.0 cm³/mol. The van der Waals surface area contributed by atoms with Crippen molar-refractivity contribution in [1.82, 2.24) is 10.1 Å². The fraction of sp³-hybridized carbons (Fsp3) is 0.0625. The minimum atomic E-state index is -0.645. The van der Waals surface area contributed by atoms with E-state index in [0.29, 0.717) is 16.5 Å². The maximum atomic E-state index is 12.0. The fourth-order valence-corrected chi connectivity index (χ4v) is 2.78. The molecule has 0 spiro atoms. The normalized spacial score (nSPS) is 10.6. The van der Waals surface area contributed by atoms with Crippen molar-refractivity contribution in [3.63, 3.8) is 0 Å². The average molecular weight is 428 g/mol. The molecule has 0 aliphatic heterocycles. The van der Waals surface area contributed by atoms with Crippen molar-refractivity contribution in [2.45, 2.75) is 6.61 Å². The van der Waals surface area contributed by atoms with Crippen LogP contribution in [0.3, 0.4) is 0 Å². The Morgan fingerprint density at radius 3 is 2.83 bits per heavy atom. The van der Waals surface area contributed by atoms with Gasteiger partial charge in [0, 0.05) is 22.3 Å². The second kappa shape index (κ2) is 7.34. The molecule has 0 fully saturated rings. The van der Waals surface area contributed by atoms with Gasteiger partial charge in [0.2, 0.25) is 0 Å². The number of pyridine rings is 1. The van der Waals surface area contributed by atoms with Crippen LogP contribution in [0.25, 0.3) is 11.3 Å². The van der Waals surface area contributed by atoms with E-state index in [1.54, 1.807) is 6.07 Å². The summed E-state index contributed by atoms with van der Waals surface area (Å²) in [4.78, 5) is 15.8. The molecule has 2 aromatic heterocycles. The van der Waals surface area contributed by atoms with Crippen molar-refractivity contribution in [3.8, 4) is 11.3 Å². The fourth-order valence-electron chi connectivity index (χ4n) is 1.96. The quantitative estimate of drug-likeness (QED) is 0.424. The number of benzene rings is 1. The summed E-state index contributed by atoms with van der Waals surface area (Å²) in [6.45, 7) is -0.0842. The minimum absolute atomic E-state index is 0.0240. The smallest absolute Gasteiger partial charge is 0.341 e. The number of aromatic nitrogens is 2. The van der Waals surface area contributed by atoms with Crippen molar-refractivity contribution < 1.29 is 14.1 Å². The second-order valence-electron chi connectivity index (χ2n) is 4.73. The summed E-state index contributed by atoms with van der Waals surface area (Å²) in [5.74, 6) is -0.242. The molecule has 3 rings (SSSR count). The van der Waals surface area contributed by atoms with Crippen LogP contribution in [0.1, 0.15) is 16.1 Å². The third-order valence-corrected chi connectivity index (χ3v) is 4.28. The number of carbonyl (C=O) groups excluding carboxylic acids is 1. The lowest BCUT2D eigenvalue weighted by molar-refractivity contribution is 0.0437. The van der Waals surface area contributed by atoms with E-state index in [9.17, 15) is 4.79 Å². The highest BCUT2D eigenvalue weighted by molar-refractivity contribution is 9.10. The largest absolute Gasteiger partial charge is 0.454 e. The highest BCUT2D eigenvalue weighted by Crippen LogP contribution is 2.27. The maximum absolute atomic E-state index is 12.0. The number of nitrogens with zero attached hydrogens (tertiary/aromatic N) is 2. The molecule has 8 heteroatoms. The molecular weight excluding hydrogens is 419 g/mol. The van der Waals surface area contributed by atoms with Crippen LogP contribution in [0.4, 0.5) is 0 Å². The van der Waals surface area contributed by atoms with Crippen molar-refractivity contribution >= 4 is 45.1 Å². The Hall–Kier alpha value is -1.89. The van der Waals surface area contributed by atoms with E-state index in [-0.39, 0.29) is 17.3 Å². The monoisotopic (exact) mass is 426 g/mol. The molecule has 0 radical (unpaired) electrons. The van der Waals surface area contributed by atoms with Gasteiger partial charge in [0.25, 0.3) is 0 Å². The minimum Gasteiger partial charge on any atom is -0.454 e. The van der Waals surface area contributed by atoms with E-state index >= 15 is 0 Å². The van der Waals surface area contributed by atoms with Gasteiger partial charge in [-0.1, -0.05) is 62.5 Å². The van der Waals surface area contributed by atoms with Gasteiger partial charge >= 0.3 is 5.97 Å². The third-order valence-electron chi connectivity index (χ3n) is 3.08. The molecule has 24 heavy (non-hydrogen) atoms. The molecule has 0 aliphatic carbocycles. The summed E-state index contributed by atoms with van der Waals surface area (Å²) < 4.78 is 11.2. The Morgan fingerprint density at radius 2 is 2.04 bits per heavy atom. The van der Waals surface area contributed by atoms with Gasteiger partial charge in [0.1, 0.15) is 10.8 Å². The first-order valence-electron chi connectivity index (χ1n) is 6.73. The molecule has 122 valence electrons. The summed E-state index contributed by atoms with van der Waals surface area (Å²) >= 11 is 15.1. The van der Waals surface area contributed by atoms with Gasteiger partial charge in [-0.25, -0.2) is 9.78 Å². The standard InChI is InChI=1S/C16H9BrCl2N2O3/c17-13-4-2-1-3-11(13)14-6-10(24-21-14)8-23-16(22)12-5-9(18)7-20-15(12)19/h1-7H,8H2. The summed E-state index contributed by atoms with van der Waals surface area (Å²) in [7, 11) is 0. The van der Waals surface area contributed by atoms with Gasteiger partial charge < -0.3 is 9.26 Å². The van der Waals surface area contributed by atoms with E-state index in [2.05, 4.69) is 26.1 Å². The van der Waals surface area contributed by atoms with E-state index < -0.39 is 5.97 Å². The van der Waals surface area contributed by atoms with Gasteiger partial charge in [-0.2, -0.15) is 0 Å². The van der Waals surface area contributed by atoms with Gasteiger partial charge in [0.05, 0.1) is 10.6 Å². The maximum Gasteiger partial charge on any atom is 0.341 e. The summed E-state index contributed by atoms with van der Waals surface area (Å²) in [5.41, 5.74) is 1.60. The molecule has 0 saturated carbocycles. The van der Waals surface area contributed by atoms with E-state index in [0.717, 1.165) is 10.0 Å². The number of hydrogen-bond donors (Lipinski definition) is 0. The van der Waals surface area contributed by atoms with Crippen molar-refractivity contribution in [3.05, 3.63) is 68.6 Å². The second-order valence-corrected chi connectivity index (χ2v) is 6.38. The van der Waals surface area contributed by atoms with Crippen LogP contribution in [-0.4, -0.2) is 16.1 Å². The number of halogens is 3. The molecule has 0 aliphatic rings. The van der Waals surface area contributed by atoms with Crippen molar-refractivity contribution in [2.75, 3.05) is 0 Å². The lowest BCUT2D eigenvalue weighted by atomic mass is 10.1. The summed E-state index contributed by atoms with van der Waals surface area (Å²) in [6, 6.07) is 10.7. The van der Waals surface area contributed by atoms with E-state index in [1.165, 1.54) is 12.3 Å². The molecule has 1 aromatic carbocycles. The molecule has 5 nitrogen and oxygen atoms in total. The molecule has 0 unspecified atom stereocenters. The van der Waals surface area contributed by atoms with E-state index in [4.69, 9.17) is 32.5 Å². The van der Waals surface area contributed by atoms with Gasteiger partial charge in [-0.05, 0) is 12.1 Å². The first kappa shape index (κ1) is 17.0. The number of carbonyl (C=O) groups is 1. The summed E-state index contributed by atoms with van der Waals surface area (Å²) in [5, 5.41) is 4.29. The highest BCUT2D eigenvalue weighted by atomic mass is 79.9. The first-order chi connectivity index (χ1) is 11.5. The first-order valence-corrected chi connectivity index (χ1v) is 8.28. The molecule has 0 atom stereocenters. The average Bonchev–Trinajstić information content (AvgIpc) is 3.04. The lowest BCUT2D eigenvalue weighted by Crippen LogP contribution is -2.06. The third kappa shape index (κ3) is 3.77. The highest BCUT2D eigenvalue weighted by Gasteiger charge is 2.16. The SMILES string of the molecule is O=C(OCc1cc(-c2ccccc2Br)no1)c1cc(Cl)cnc1Cl. The van der Waals surface area contributed by atoms with Gasteiger partial charge in [0.15, 0.2) is 12.4 Å². The summed E-state index contributed by atoms with van der Waals surface area (Å²) in [6.07, 6.45) is 1.35. The van der Waals surface area contributed by atoms with Crippen LogP contribution >= 0.6 is 39.1 Å². The zero-order valence-corrected chi connectivity index (χ0v) is 15.1. The Labute approximate surface area is 155 Å². The zero-order valence-electron chi connectivity index (χ0n) is 12.0. The molecule has 0 bridgehead atoms. The number of hydrogen-bond acceptors (Lipinski definition) is 5. The van der Waals surface area contributed by atoms with Crippen molar-refractivity contribution in [2.24, 2.45) is 0 Å². The van der Waals surface area contributed by atoms with Crippen LogP contribution in [0.15, 0.2) is 51.6 Å². The Bertz CT molecular complexity index is 899. The van der Waals surface area contributed by atoms with Crippen LogP contribution in [0, 0.1) is 0 Å². The number of ether oxygens (including phenoxy) is 1. The molecule has 0 saturated heterocycles. The van der Waals surface area contributed by atoms with Crippen LogP contribution in [0.5, 0.6) is 0 Å². The lowest BCUT2D eigenvalue weighted by Gasteiger charge is -2.04. The molecule has 0 N–H and O–H groups in total. The van der Waals surface area contributed by atoms with Crippen LogP contribution in [0.2, 0.25) is 10.2 Å². The molecule has 0 amide bonds. The topological polar surface area (TPSA) is 65.2 Å². The van der Waals surface area contributed by atoms with Crippen LogP contribution in [-0.2, 0) is 11.3 Å². The van der Waals surface area contributed by atoms with E-state index in [1.807, 2.05) is 24.3 Å². The van der Waals surface area contributed by atoms with Gasteiger partial charge in [-0.15, -0.1) is 0 Å². The predicted octanol–water partition coefficient (Wildman–Crippen LogP) is 5.16. The van der Waals surface area contributed by atoms with Crippen molar-refractivity contribution in [1.29, 1.82) is 0 Å². The number of esters is 1. The molecule has 3 aromatic rings.